The minimum atomic E-state index is -0.471. The summed E-state index contributed by atoms with van der Waals surface area (Å²) in [6, 6.07) is 21.3. The molecule has 2 aliphatic rings. The number of aliphatic hydroxyl groups excluding tert-OH is 1. The molecule has 7 nitrogen and oxygen atoms in total. The number of aliphatic hydroxyl groups is 1. The Kier molecular flexibility index (Phi) is 8.60. The van der Waals surface area contributed by atoms with Crippen LogP contribution in [0.15, 0.2) is 71.7 Å². The summed E-state index contributed by atoms with van der Waals surface area (Å²) >= 11 is 12.5. The first-order valence-corrected chi connectivity index (χ1v) is 14.1. The number of likely N-dealkylation sites (tertiary alicyclic amines) is 1. The van der Waals surface area contributed by atoms with Crippen LogP contribution in [-0.2, 0) is 0 Å². The lowest BCUT2D eigenvalue weighted by Crippen LogP contribution is -2.49. The summed E-state index contributed by atoms with van der Waals surface area (Å²) < 4.78 is 5.96. The van der Waals surface area contributed by atoms with E-state index in [0.717, 1.165) is 24.0 Å². The Morgan fingerprint density at radius 2 is 1.65 bits per heavy atom. The third-order valence-electron chi connectivity index (χ3n) is 7.49. The fourth-order valence-electron chi connectivity index (χ4n) is 5.37. The van der Waals surface area contributed by atoms with Crippen molar-refractivity contribution in [3.8, 4) is 11.8 Å². The predicted molar refractivity (Wildman–Crippen MR) is 156 cm³/mol. The van der Waals surface area contributed by atoms with E-state index in [0.29, 0.717) is 52.5 Å². The molecule has 5 rings (SSSR count). The molecule has 2 atom stereocenters. The lowest BCUT2D eigenvalue weighted by Gasteiger charge is -2.37. The minimum absolute atomic E-state index is 0.119. The van der Waals surface area contributed by atoms with Crippen molar-refractivity contribution < 1.29 is 14.6 Å². The van der Waals surface area contributed by atoms with Gasteiger partial charge in [-0.1, -0.05) is 47.5 Å². The Morgan fingerprint density at radius 3 is 2.23 bits per heavy atom. The molecule has 2 amide bonds. The Bertz CT molecular complexity index is 1430. The van der Waals surface area contributed by atoms with Gasteiger partial charge in [-0.05, 0) is 79.3 Å². The van der Waals surface area contributed by atoms with Gasteiger partial charge in [-0.25, -0.2) is 4.79 Å². The second-order valence-electron chi connectivity index (χ2n) is 9.97. The monoisotopic (exact) mass is 576 g/mol. The maximum Gasteiger partial charge on any atom is 0.326 e. The van der Waals surface area contributed by atoms with Crippen molar-refractivity contribution in [2.45, 2.75) is 31.8 Å². The van der Waals surface area contributed by atoms with Crippen LogP contribution in [-0.4, -0.2) is 53.1 Å². The average molecular weight is 578 g/mol. The fraction of sp³-hybridized carbons (Fsp3) is 0.323. The minimum Gasteiger partial charge on any atom is -0.493 e. The van der Waals surface area contributed by atoms with Gasteiger partial charge in [0.2, 0.25) is 0 Å². The van der Waals surface area contributed by atoms with Crippen LogP contribution in [0, 0.1) is 17.2 Å². The van der Waals surface area contributed by atoms with Gasteiger partial charge in [0.05, 0.1) is 29.8 Å². The SMILES string of the molecule is CCOc1cc(C#N)ccc1C1=N[C@@H](c2ccc(Cl)cc2)[C@@H](c2ccc(Cl)cc2)N1C(=O)N1CCC(CO)CC1. The van der Waals surface area contributed by atoms with Crippen LogP contribution in [0.2, 0.25) is 10.0 Å². The van der Waals surface area contributed by atoms with Crippen LogP contribution in [0.5, 0.6) is 5.75 Å². The van der Waals surface area contributed by atoms with E-state index < -0.39 is 12.1 Å². The summed E-state index contributed by atoms with van der Waals surface area (Å²) in [6.07, 6.45) is 1.46. The van der Waals surface area contributed by atoms with Crippen molar-refractivity contribution in [2.75, 3.05) is 26.3 Å². The molecule has 1 saturated heterocycles. The number of urea groups is 1. The highest BCUT2D eigenvalue weighted by Gasteiger charge is 2.45. The van der Waals surface area contributed by atoms with Crippen molar-refractivity contribution in [3.05, 3.63) is 99.0 Å². The predicted octanol–water partition coefficient (Wildman–Crippen LogP) is 6.63. The number of benzene rings is 3. The van der Waals surface area contributed by atoms with Crippen LogP contribution in [0.3, 0.4) is 0 Å². The van der Waals surface area contributed by atoms with Gasteiger partial charge in [-0.15, -0.1) is 0 Å². The van der Waals surface area contributed by atoms with Gasteiger partial charge in [0.25, 0.3) is 0 Å². The Morgan fingerprint density at radius 1 is 1.02 bits per heavy atom. The fourth-order valence-corrected chi connectivity index (χ4v) is 5.62. The second kappa shape index (κ2) is 12.3. The maximum atomic E-state index is 14.4. The normalized spacial score (nSPS) is 19.3. The Hall–Kier alpha value is -3.57. The largest absolute Gasteiger partial charge is 0.493 e. The number of carbonyl (C=O) groups is 1. The van der Waals surface area contributed by atoms with Gasteiger partial charge in [-0.2, -0.15) is 5.26 Å². The molecule has 9 heteroatoms. The van der Waals surface area contributed by atoms with E-state index in [1.807, 2.05) is 60.4 Å². The number of aliphatic imine (C=N–C) groups is 1. The molecule has 40 heavy (non-hydrogen) atoms. The maximum absolute atomic E-state index is 14.4. The van der Waals surface area contributed by atoms with Crippen LogP contribution in [0.4, 0.5) is 4.79 Å². The number of halogens is 2. The molecule has 2 aliphatic heterocycles. The molecule has 0 saturated carbocycles. The van der Waals surface area contributed by atoms with Gasteiger partial charge in [0, 0.05) is 29.7 Å². The number of hydrogen-bond acceptors (Lipinski definition) is 5. The number of ether oxygens (including phenoxy) is 1. The molecule has 0 unspecified atom stereocenters. The van der Waals surface area contributed by atoms with Crippen molar-refractivity contribution in [2.24, 2.45) is 10.9 Å². The molecular formula is C31H30Cl2N4O3. The molecule has 1 N–H and O–H groups in total. The number of amides is 2. The molecule has 2 heterocycles. The van der Waals surface area contributed by atoms with Gasteiger partial charge >= 0.3 is 6.03 Å². The standard InChI is InChI=1S/C31H30Cl2N4O3/c1-2-40-27-17-21(18-34)3-12-26(27)30-35-28(22-4-8-24(32)9-5-22)29(23-6-10-25(33)11-7-23)37(30)31(39)36-15-13-20(19-38)14-16-36/h3-12,17,20,28-29,38H,2,13-16,19H2,1H3/t28-,29+/m0/s1. The zero-order chi connectivity index (χ0) is 28.2. The molecule has 206 valence electrons. The molecule has 0 radical (unpaired) electrons. The van der Waals surface area contributed by atoms with Crippen LogP contribution in [0.25, 0.3) is 0 Å². The summed E-state index contributed by atoms with van der Waals surface area (Å²) in [5, 5.41) is 20.4. The molecule has 0 bridgehead atoms. The summed E-state index contributed by atoms with van der Waals surface area (Å²) in [6.45, 7) is 3.46. The quantitative estimate of drug-likeness (QED) is 0.356. The Labute approximate surface area is 244 Å². The lowest BCUT2D eigenvalue weighted by molar-refractivity contribution is 0.120. The average Bonchev–Trinajstić information content (AvgIpc) is 3.38. The molecule has 0 aromatic heterocycles. The Balaban J connectivity index is 1.67. The number of amidine groups is 1. The van der Waals surface area contributed by atoms with E-state index in [-0.39, 0.29) is 18.6 Å². The smallest absolute Gasteiger partial charge is 0.326 e. The highest BCUT2D eigenvalue weighted by molar-refractivity contribution is 6.30. The molecule has 1 fully saturated rings. The van der Waals surface area contributed by atoms with E-state index in [2.05, 4.69) is 6.07 Å². The van der Waals surface area contributed by atoms with Crippen LogP contribution in [0.1, 0.15) is 54.1 Å². The summed E-state index contributed by atoms with van der Waals surface area (Å²) in [7, 11) is 0. The van der Waals surface area contributed by atoms with Crippen LogP contribution < -0.4 is 4.74 Å². The van der Waals surface area contributed by atoms with Gasteiger partial charge < -0.3 is 14.7 Å². The van der Waals surface area contributed by atoms with Gasteiger partial charge in [0.15, 0.2) is 0 Å². The van der Waals surface area contributed by atoms with E-state index in [9.17, 15) is 15.2 Å². The van der Waals surface area contributed by atoms with Crippen molar-refractivity contribution in [1.29, 1.82) is 5.26 Å². The molecule has 3 aromatic rings. The number of carbonyl (C=O) groups excluding carboxylic acids is 1. The highest BCUT2D eigenvalue weighted by atomic mass is 35.5. The first-order chi connectivity index (χ1) is 19.4. The first kappa shape index (κ1) is 28.0. The van der Waals surface area contributed by atoms with Crippen molar-refractivity contribution in [1.82, 2.24) is 9.80 Å². The van der Waals surface area contributed by atoms with E-state index in [1.165, 1.54) is 0 Å². The topological polar surface area (TPSA) is 89.2 Å². The first-order valence-electron chi connectivity index (χ1n) is 13.4. The molecular weight excluding hydrogens is 547 g/mol. The number of piperidine rings is 1. The number of rotatable bonds is 6. The van der Waals surface area contributed by atoms with E-state index in [4.69, 9.17) is 32.9 Å². The summed E-state index contributed by atoms with van der Waals surface area (Å²) in [4.78, 5) is 23.2. The van der Waals surface area contributed by atoms with Crippen molar-refractivity contribution in [3.63, 3.8) is 0 Å². The highest BCUT2D eigenvalue weighted by Crippen LogP contribution is 2.45. The zero-order valence-electron chi connectivity index (χ0n) is 22.1. The number of nitriles is 1. The molecule has 0 aliphatic carbocycles. The third kappa shape index (κ3) is 5.66. The number of hydrogen-bond donors (Lipinski definition) is 1. The van der Waals surface area contributed by atoms with Gasteiger partial charge in [0.1, 0.15) is 17.6 Å². The number of nitrogens with zero attached hydrogens (tertiary/aromatic N) is 4. The zero-order valence-corrected chi connectivity index (χ0v) is 23.6. The second-order valence-corrected chi connectivity index (χ2v) is 10.8. The van der Waals surface area contributed by atoms with Crippen LogP contribution >= 0.6 is 23.2 Å². The van der Waals surface area contributed by atoms with Crippen molar-refractivity contribution >= 4 is 35.1 Å². The van der Waals surface area contributed by atoms with Gasteiger partial charge in [-0.3, -0.25) is 9.89 Å². The molecule has 3 aromatic carbocycles. The summed E-state index contributed by atoms with van der Waals surface area (Å²) in [5.41, 5.74) is 2.88. The summed E-state index contributed by atoms with van der Waals surface area (Å²) in [5.74, 6) is 1.15. The third-order valence-corrected chi connectivity index (χ3v) is 7.99. The lowest BCUT2D eigenvalue weighted by atomic mass is 9.93. The van der Waals surface area contributed by atoms with E-state index in [1.54, 1.807) is 23.1 Å². The molecule has 0 spiro atoms. The van der Waals surface area contributed by atoms with E-state index >= 15 is 0 Å².